The van der Waals surface area contributed by atoms with Crippen molar-refractivity contribution >= 4 is 35.0 Å². The Morgan fingerprint density at radius 1 is 1.41 bits per heavy atom. The first-order valence-electron chi connectivity index (χ1n) is 7.12. The van der Waals surface area contributed by atoms with E-state index < -0.39 is 0 Å². The molecule has 0 aromatic heterocycles. The number of halogens is 2. The molecule has 7 heteroatoms. The van der Waals surface area contributed by atoms with Crippen molar-refractivity contribution in [3.8, 4) is 0 Å². The lowest BCUT2D eigenvalue weighted by Crippen LogP contribution is -2.41. The molecule has 1 aromatic rings. The molecule has 120 valence electrons. The second kappa shape index (κ2) is 8.36. The van der Waals surface area contributed by atoms with Crippen LogP contribution in [-0.2, 0) is 20.9 Å². The molecule has 1 heterocycles. The molecule has 2 N–H and O–H groups in total. The highest BCUT2D eigenvalue weighted by Gasteiger charge is 2.24. The molecule has 1 fully saturated rings. The molecule has 5 nitrogen and oxygen atoms in total. The summed E-state index contributed by atoms with van der Waals surface area (Å²) in [5.74, 6) is -0.400. The number of nitrogens with one attached hydrogen (secondary N) is 2. The maximum absolute atomic E-state index is 11.9. The number of benzene rings is 1. The molecule has 2 rings (SSSR count). The number of rotatable bonds is 6. The molecular formula is C15H18Cl2N2O3. The van der Waals surface area contributed by atoms with Gasteiger partial charge in [-0.15, -0.1) is 0 Å². The van der Waals surface area contributed by atoms with Crippen LogP contribution in [0.4, 0.5) is 0 Å². The third-order valence-corrected chi connectivity index (χ3v) is 4.02. The smallest absolute Gasteiger partial charge is 0.223 e. The first-order valence-corrected chi connectivity index (χ1v) is 7.88. The van der Waals surface area contributed by atoms with Crippen molar-refractivity contribution in [3.63, 3.8) is 0 Å². The summed E-state index contributed by atoms with van der Waals surface area (Å²) in [7, 11) is 0. The molecule has 1 aromatic carbocycles. The van der Waals surface area contributed by atoms with Crippen molar-refractivity contribution in [1.82, 2.24) is 10.6 Å². The van der Waals surface area contributed by atoms with Gasteiger partial charge in [0, 0.05) is 35.5 Å². The van der Waals surface area contributed by atoms with E-state index in [1.54, 1.807) is 12.1 Å². The Morgan fingerprint density at radius 2 is 2.23 bits per heavy atom. The van der Waals surface area contributed by atoms with E-state index in [4.69, 9.17) is 27.9 Å². The fourth-order valence-electron chi connectivity index (χ4n) is 2.22. The number of carbonyl (C=O) groups excluding carboxylic acids is 2. The summed E-state index contributed by atoms with van der Waals surface area (Å²) >= 11 is 11.9. The van der Waals surface area contributed by atoms with E-state index in [9.17, 15) is 9.59 Å². The van der Waals surface area contributed by atoms with Crippen LogP contribution in [0.15, 0.2) is 18.2 Å². The molecule has 1 aliphatic rings. The molecule has 1 aliphatic heterocycles. The molecule has 22 heavy (non-hydrogen) atoms. The Morgan fingerprint density at radius 3 is 2.95 bits per heavy atom. The second-order valence-electron chi connectivity index (χ2n) is 5.12. The quantitative estimate of drug-likeness (QED) is 0.777. The van der Waals surface area contributed by atoms with Gasteiger partial charge in [0.05, 0.1) is 13.2 Å². The number of hydrogen-bond donors (Lipinski definition) is 2. The van der Waals surface area contributed by atoms with Crippen molar-refractivity contribution in [2.24, 2.45) is 5.92 Å². The van der Waals surface area contributed by atoms with E-state index in [0.29, 0.717) is 42.8 Å². The fraction of sp³-hybridized carbons (Fsp3) is 0.467. The van der Waals surface area contributed by atoms with Gasteiger partial charge in [-0.1, -0.05) is 29.3 Å². The zero-order valence-corrected chi connectivity index (χ0v) is 13.5. The first kappa shape index (κ1) is 17.1. The Balaban J connectivity index is 1.64. The Hall–Kier alpha value is -1.30. The van der Waals surface area contributed by atoms with Gasteiger partial charge in [-0.25, -0.2) is 0 Å². The summed E-state index contributed by atoms with van der Waals surface area (Å²) in [6.07, 6.45) is 0.936. The predicted octanol–water partition coefficient (Wildman–Crippen LogP) is 2.15. The minimum atomic E-state index is -0.237. The van der Waals surface area contributed by atoms with Crippen LogP contribution in [0.3, 0.4) is 0 Å². The van der Waals surface area contributed by atoms with E-state index in [-0.39, 0.29) is 24.2 Å². The standard InChI is InChI=1S/C15H18Cl2N2O3/c16-12-2-1-11(13(17)8-12)9-22-6-5-19-15(21)10-3-4-18-14(20)7-10/h1-2,8,10H,3-7,9H2,(H,18,20)(H,19,21)/t10-/m0/s1. The SMILES string of the molecule is O=C1C[C@@H](C(=O)NCCOCc2ccc(Cl)cc2Cl)CCN1. The lowest BCUT2D eigenvalue weighted by molar-refractivity contribution is -0.132. The van der Waals surface area contributed by atoms with Crippen LogP contribution >= 0.6 is 23.2 Å². The number of ether oxygens (including phenoxy) is 1. The molecule has 0 saturated carbocycles. The van der Waals surface area contributed by atoms with E-state index in [0.717, 1.165) is 5.56 Å². The lowest BCUT2D eigenvalue weighted by Gasteiger charge is -2.21. The average Bonchev–Trinajstić information content (AvgIpc) is 2.48. The van der Waals surface area contributed by atoms with E-state index in [2.05, 4.69) is 10.6 Å². The van der Waals surface area contributed by atoms with Crippen molar-refractivity contribution in [1.29, 1.82) is 0 Å². The number of piperidine rings is 1. The Bertz CT molecular complexity index is 552. The third-order valence-electron chi connectivity index (χ3n) is 3.44. The van der Waals surface area contributed by atoms with Crippen molar-refractivity contribution in [3.05, 3.63) is 33.8 Å². The molecule has 0 spiro atoms. The molecule has 0 radical (unpaired) electrons. The molecule has 1 saturated heterocycles. The highest BCUT2D eigenvalue weighted by molar-refractivity contribution is 6.35. The number of amides is 2. The Kier molecular flexibility index (Phi) is 6.49. The van der Waals surface area contributed by atoms with E-state index >= 15 is 0 Å². The summed E-state index contributed by atoms with van der Waals surface area (Å²) in [5, 5.41) is 6.63. The molecule has 1 atom stereocenters. The topological polar surface area (TPSA) is 67.4 Å². The highest BCUT2D eigenvalue weighted by atomic mass is 35.5. The van der Waals surface area contributed by atoms with Gasteiger partial charge < -0.3 is 15.4 Å². The van der Waals surface area contributed by atoms with Crippen LogP contribution in [0.25, 0.3) is 0 Å². The van der Waals surface area contributed by atoms with Crippen LogP contribution in [-0.4, -0.2) is 31.5 Å². The zero-order chi connectivity index (χ0) is 15.9. The minimum absolute atomic E-state index is 0.0694. The molecular weight excluding hydrogens is 327 g/mol. The summed E-state index contributed by atoms with van der Waals surface area (Å²) < 4.78 is 5.48. The largest absolute Gasteiger partial charge is 0.375 e. The first-order chi connectivity index (χ1) is 10.6. The third kappa shape index (κ3) is 5.16. The highest BCUT2D eigenvalue weighted by Crippen LogP contribution is 2.21. The van der Waals surface area contributed by atoms with Gasteiger partial charge in [-0.3, -0.25) is 9.59 Å². The normalized spacial score (nSPS) is 17.9. The maximum Gasteiger partial charge on any atom is 0.223 e. The van der Waals surface area contributed by atoms with Crippen LogP contribution in [0, 0.1) is 5.92 Å². The van der Waals surface area contributed by atoms with Crippen LogP contribution in [0.2, 0.25) is 10.0 Å². The van der Waals surface area contributed by atoms with Gasteiger partial charge in [0.1, 0.15) is 0 Å². The molecule has 0 aliphatic carbocycles. The summed E-state index contributed by atoms with van der Waals surface area (Å²) in [6.45, 7) is 1.70. The van der Waals surface area contributed by atoms with Gasteiger partial charge in [0.15, 0.2) is 0 Å². The molecule has 0 unspecified atom stereocenters. The van der Waals surface area contributed by atoms with E-state index in [1.807, 2.05) is 6.07 Å². The summed E-state index contributed by atoms with van der Waals surface area (Å²) in [4.78, 5) is 23.1. The van der Waals surface area contributed by atoms with Gasteiger partial charge in [-0.05, 0) is 24.1 Å². The van der Waals surface area contributed by atoms with Crippen molar-refractivity contribution < 1.29 is 14.3 Å². The number of carbonyl (C=O) groups is 2. The summed E-state index contributed by atoms with van der Waals surface area (Å²) in [5.41, 5.74) is 0.848. The van der Waals surface area contributed by atoms with Crippen LogP contribution in [0.5, 0.6) is 0 Å². The second-order valence-corrected chi connectivity index (χ2v) is 5.96. The van der Waals surface area contributed by atoms with Crippen LogP contribution in [0.1, 0.15) is 18.4 Å². The van der Waals surface area contributed by atoms with Gasteiger partial charge in [0.25, 0.3) is 0 Å². The van der Waals surface area contributed by atoms with Crippen molar-refractivity contribution in [2.75, 3.05) is 19.7 Å². The van der Waals surface area contributed by atoms with Gasteiger partial charge in [-0.2, -0.15) is 0 Å². The van der Waals surface area contributed by atoms with Crippen molar-refractivity contribution in [2.45, 2.75) is 19.4 Å². The maximum atomic E-state index is 11.9. The monoisotopic (exact) mass is 344 g/mol. The summed E-state index contributed by atoms with van der Waals surface area (Å²) in [6, 6.07) is 5.23. The predicted molar refractivity (Wildman–Crippen MR) is 84.9 cm³/mol. The fourth-order valence-corrected chi connectivity index (χ4v) is 2.68. The van der Waals surface area contributed by atoms with Gasteiger partial charge >= 0.3 is 0 Å². The average molecular weight is 345 g/mol. The zero-order valence-electron chi connectivity index (χ0n) is 12.0. The number of hydrogen-bond acceptors (Lipinski definition) is 3. The minimum Gasteiger partial charge on any atom is -0.375 e. The Labute approximate surface area is 139 Å². The molecule has 0 bridgehead atoms. The van der Waals surface area contributed by atoms with E-state index in [1.165, 1.54) is 0 Å². The van der Waals surface area contributed by atoms with Crippen LogP contribution < -0.4 is 10.6 Å². The molecule has 2 amide bonds. The van der Waals surface area contributed by atoms with Gasteiger partial charge in [0.2, 0.25) is 11.8 Å². The lowest BCUT2D eigenvalue weighted by atomic mass is 9.97.